The van der Waals surface area contributed by atoms with Crippen LogP contribution in [0, 0.1) is 0 Å². The summed E-state index contributed by atoms with van der Waals surface area (Å²) in [5, 5.41) is 3.09. The molecule has 0 spiro atoms. The Bertz CT molecular complexity index is 479. The molecule has 6 nitrogen and oxygen atoms in total. The van der Waals surface area contributed by atoms with Gasteiger partial charge in [0.05, 0.1) is 19.1 Å². The molecule has 4 N–H and O–H groups in total. The minimum absolute atomic E-state index is 0.0728. The third-order valence-corrected chi connectivity index (χ3v) is 3.27. The van der Waals surface area contributed by atoms with Crippen LogP contribution in [-0.4, -0.2) is 42.1 Å². The molecule has 19 heavy (non-hydrogen) atoms. The fourth-order valence-corrected chi connectivity index (χ4v) is 2.04. The lowest BCUT2D eigenvalue weighted by molar-refractivity contribution is -0.110. The standard InChI is InChI=1S/C11H15F2N5O/c1-6-8(14)2-7(3-15-6)9-16-10(19-17-9)18-4-11(12,13)5-18/h2-3,6,9,15,17H,4-5,14H2,1H3. The Hall–Kier alpha value is -1.83. The average Bonchev–Trinajstić information content (AvgIpc) is 2.78. The van der Waals surface area contributed by atoms with E-state index >= 15 is 0 Å². The first-order chi connectivity index (χ1) is 8.94. The van der Waals surface area contributed by atoms with Gasteiger partial charge in [-0.3, -0.25) is 0 Å². The Morgan fingerprint density at radius 1 is 1.53 bits per heavy atom. The van der Waals surface area contributed by atoms with Gasteiger partial charge in [-0.1, -0.05) is 0 Å². The van der Waals surface area contributed by atoms with Crippen LogP contribution in [0.5, 0.6) is 0 Å². The van der Waals surface area contributed by atoms with Gasteiger partial charge in [-0.15, -0.1) is 5.48 Å². The second-order valence-electron chi connectivity index (χ2n) is 4.92. The van der Waals surface area contributed by atoms with E-state index in [1.54, 1.807) is 12.3 Å². The summed E-state index contributed by atoms with van der Waals surface area (Å²) < 4.78 is 25.5. The number of aliphatic imine (C=N–C) groups is 1. The minimum Gasteiger partial charge on any atom is -0.400 e. The van der Waals surface area contributed by atoms with Crippen LogP contribution in [0.1, 0.15) is 6.92 Å². The number of amidine groups is 1. The highest BCUT2D eigenvalue weighted by molar-refractivity contribution is 5.76. The molecule has 3 rings (SSSR count). The number of hydroxylamine groups is 1. The lowest BCUT2D eigenvalue weighted by Gasteiger charge is -2.38. The Morgan fingerprint density at radius 2 is 2.26 bits per heavy atom. The Balaban J connectivity index is 1.67. The van der Waals surface area contributed by atoms with E-state index in [9.17, 15) is 8.78 Å². The molecular formula is C11H15F2N5O. The summed E-state index contributed by atoms with van der Waals surface area (Å²) in [6.07, 6.45) is 3.17. The molecule has 0 aliphatic carbocycles. The summed E-state index contributed by atoms with van der Waals surface area (Å²) in [5.41, 5.74) is 10.0. The fraction of sp³-hybridized carbons (Fsp3) is 0.545. The van der Waals surface area contributed by atoms with Crippen molar-refractivity contribution in [2.24, 2.45) is 10.7 Å². The fourth-order valence-electron chi connectivity index (χ4n) is 2.04. The van der Waals surface area contributed by atoms with Crippen LogP contribution in [0.4, 0.5) is 8.78 Å². The van der Waals surface area contributed by atoms with E-state index in [1.165, 1.54) is 4.90 Å². The Labute approximate surface area is 108 Å². The van der Waals surface area contributed by atoms with E-state index in [1.807, 2.05) is 6.92 Å². The van der Waals surface area contributed by atoms with Crippen LogP contribution in [-0.2, 0) is 4.84 Å². The van der Waals surface area contributed by atoms with Gasteiger partial charge >= 0.3 is 6.02 Å². The van der Waals surface area contributed by atoms with Crippen molar-refractivity contribution in [3.05, 3.63) is 23.5 Å². The molecule has 2 unspecified atom stereocenters. The van der Waals surface area contributed by atoms with Crippen molar-refractivity contribution < 1.29 is 13.6 Å². The van der Waals surface area contributed by atoms with Gasteiger partial charge in [-0.05, 0) is 13.0 Å². The van der Waals surface area contributed by atoms with E-state index < -0.39 is 12.1 Å². The zero-order valence-corrected chi connectivity index (χ0v) is 10.4. The van der Waals surface area contributed by atoms with Gasteiger partial charge in [0.15, 0.2) is 6.17 Å². The summed E-state index contributed by atoms with van der Waals surface area (Å²) in [5.74, 6) is -2.64. The van der Waals surface area contributed by atoms with Crippen molar-refractivity contribution in [2.75, 3.05) is 13.1 Å². The number of nitrogens with two attached hydrogens (primary N) is 1. The first kappa shape index (κ1) is 12.2. The Morgan fingerprint density at radius 3 is 2.89 bits per heavy atom. The third kappa shape index (κ3) is 2.23. The molecule has 0 bridgehead atoms. The monoisotopic (exact) mass is 271 g/mol. The number of alkyl halides is 2. The zero-order chi connectivity index (χ0) is 13.6. The molecule has 1 saturated heterocycles. The lowest BCUT2D eigenvalue weighted by Crippen LogP contribution is -2.58. The van der Waals surface area contributed by atoms with Crippen LogP contribution in [0.2, 0.25) is 0 Å². The molecule has 104 valence electrons. The maximum Gasteiger partial charge on any atom is 0.310 e. The molecule has 3 heterocycles. The largest absolute Gasteiger partial charge is 0.400 e. The van der Waals surface area contributed by atoms with Crippen molar-refractivity contribution in [1.82, 2.24) is 15.7 Å². The normalized spacial score (nSPS) is 32.6. The highest BCUT2D eigenvalue weighted by Crippen LogP contribution is 2.28. The molecule has 8 heteroatoms. The van der Waals surface area contributed by atoms with Crippen LogP contribution < -0.4 is 16.5 Å². The van der Waals surface area contributed by atoms with E-state index in [-0.39, 0.29) is 25.2 Å². The number of halogens is 2. The van der Waals surface area contributed by atoms with Gasteiger partial charge in [0.2, 0.25) is 0 Å². The summed E-state index contributed by atoms with van der Waals surface area (Å²) in [7, 11) is 0. The smallest absolute Gasteiger partial charge is 0.310 e. The topological polar surface area (TPSA) is 74.9 Å². The summed E-state index contributed by atoms with van der Waals surface area (Å²) >= 11 is 0. The molecule has 3 aliphatic heterocycles. The van der Waals surface area contributed by atoms with Crippen LogP contribution in [0.25, 0.3) is 0 Å². The van der Waals surface area contributed by atoms with Crippen molar-refractivity contribution in [1.29, 1.82) is 0 Å². The molecule has 0 saturated carbocycles. The summed E-state index contributed by atoms with van der Waals surface area (Å²) in [4.78, 5) is 10.7. The summed E-state index contributed by atoms with van der Waals surface area (Å²) in [6.45, 7) is 1.23. The minimum atomic E-state index is -2.64. The van der Waals surface area contributed by atoms with E-state index in [4.69, 9.17) is 10.6 Å². The Kier molecular flexibility index (Phi) is 2.63. The van der Waals surface area contributed by atoms with Gasteiger partial charge in [-0.2, -0.15) is 0 Å². The quantitative estimate of drug-likeness (QED) is 0.619. The van der Waals surface area contributed by atoms with Gasteiger partial charge < -0.3 is 20.8 Å². The maximum atomic E-state index is 12.8. The van der Waals surface area contributed by atoms with E-state index in [0.717, 1.165) is 5.57 Å². The highest BCUT2D eigenvalue weighted by atomic mass is 19.3. The molecule has 3 aliphatic rings. The van der Waals surface area contributed by atoms with Crippen molar-refractivity contribution in [3.63, 3.8) is 0 Å². The maximum absolute atomic E-state index is 12.8. The second kappa shape index (κ2) is 4.09. The van der Waals surface area contributed by atoms with Crippen LogP contribution >= 0.6 is 0 Å². The number of hydrogen-bond donors (Lipinski definition) is 3. The molecular weight excluding hydrogens is 256 g/mol. The SMILES string of the molecule is CC1NC=C(C2N=C(N3CC(F)(F)C3)ON2)C=C1N. The molecule has 0 aromatic rings. The highest BCUT2D eigenvalue weighted by Gasteiger charge is 2.47. The predicted molar refractivity (Wildman–Crippen MR) is 64.9 cm³/mol. The molecule has 0 aromatic heterocycles. The van der Waals surface area contributed by atoms with E-state index in [2.05, 4.69) is 15.8 Å². The molecule has 0 aromatic carbocycles. The summed E-state index contributed by atoms with van der Waals surface area (Å²) in [6, 6.07) is 0.269. The van der Waals surface area contributed by atoms with Gasteiger partial charge in [0.25, 0.3) is 5.92 Å². The first-order valence-corrected chi connectivity index (χ1v) is 6.01. The second-order valence-corrected chi connectivity index (χ2v) is 4.92. The van der Waals surface area contributed by atoms with Gasteiger partial charge in [0, 0.05) is 17.5 Å². The average molecular weight is 271 g/mol. The molecule has 0 radical (unpaired) electrons. The number of dihydropyridines is 1. The predicted octanol–water partition coefficient (Wildman–Crippen LogP) is -0.128. The molecule has 0 amide bonds. The number of rotatable bonds is 1. The molecule has 1 fully saturated rings. The zero-order valence-electron chi connectivity index (χ0n) is 10.4. The van der Waals surface area contributed by atoms with Crippen molar-refractivity contribution in [2.45, 2.75) is 25.1 Å². The van der Waals surface area contributed by atoms with Crippen LogP contribution in [0.15, 0.2) is 28.5 Å². The van der Waals surface area contributed by atoms with Crippen molar-refractivity contribution in [3.8, 4) is 0 Å². The number of hydrogen-bond acceptors (Lipinski definition) is 6. The van der Waals surface area contributed by atoms with Gasteiger partial charge in [0.1, 0.15) is 0 Å². The number of nitrogens with zero attached hydrogens (tertiary/aromatic N) is 2. The lowest BCUT2D eigenvalue weighted by atomic mass is 10.1. The third-order valence-electron chi connectivity index (χ3n) is 3.27. The first-order valence-electron chi connectivity index (χ1n) is 6.01. The molecule has 2 atom stereocenters. The van der Waals surface area contributed by atoms with Crippen molar-refractivity contribution >= 4 is 6.02 Å². The number of likely N-dealkylation sites (tertiary alicyclic amines) is 1. The number of nitrogens with one attached hydrogen (secondary N) is 2. The van der Waals surface area contributed by atoms with Gasteiger partial charge in [-0.25, -0.2) is 13.8 Å². The van der Waals surface area contributed by atoms with E-state index in [0.29, 0.717) is 5.70 Å². The van der Waals surface area contributed by atoms with Crippen LogP contribution in [0.3, 0.4) is 0 Å².